The van der Waals surface area contributed by atoms with Crippen LogP contribution in [-0.4, -0.2) is 26.2 Å². The third-order valence-electron chi connectivity index (χ3n) is 5.88. The number of rotatable bonds is 7. The summed E-state index contributed by atoms with van der Waals surface area (Å²) in [7, 11) is 0. The molecule has 0 aromatic heterocycles. The average molecular weight is 264 g/mol. The minimum absolute atomic E-state index is 0.670. The topological polar surface area (TPSA) is 24.1 Å². The first-order valence-electron chi connectivity index (χ1n) is 8.55. The molecule has 0 aliphatic heterocycles. The van der Waals surface area contributed by atoms with Crippen molar-refractivity contribution in [1.82, 2.24) is 10.6 Å². The molecule has 19 heavy (non-hydrogen) atoms. The Bertz CT molecular complexity index is 298. The van der Waals surface area contributed by atoms with Gasteiger partial charge >= 0.3 is 0 Å². The third kappa shape index (κ3) is 3.00. The Balaban J connectivity index is 1.48. The first-order chi connectivity index (χ1) is 9.13. The maximum Gasteiger partial charge on any atom is 0.00769 e. The Kier molecular flexibility index (Phi) is 3.92. The van der Waals surface area contributed by atoms with E-state index < -0.39 is 0 Å². The predicted octanol–water partition coefficient (Wildman–Crippen LogP) is 3.18. The molecule has 110 valence electrons. The molecule has 2 N–H and O–H groups in total. The van der Waals surface area contributed by atoms with Gasteiger partial charge in [-0.25, -0.2) is 0 Å². The molecule has 4 aliphatic rings. The number of hydrogen-bond donors (Lipinski definition) is 2. The molecule has 0 spiro atoms. The largest absolute Gasteiger partial charge is 0.315 e. The lowest BCUT2D eigenvalue weighted by molar-refractivity contribution is -0.0997. The van der Waals surface area contributed by atoms with E-state index in [0.29, 0.717) is 10.8 Å². The molecule has 0 radical (unpaired) electrons. The lowest BCUT2D eigenvalue weighted by atomic mass is 9.44. The van der Waals surface area contributed by atoms with Gasteiger partial charge in [0, 0.05) is 19.6 Å². The lowest BCUT2D eigenvalue weighted by Gasteiger charge is -2.61. The Morgan fingerprint density at radius 1 is 0.947 bits per heavy atom. The van der Waals surface area contributed by atoms with Gasteiger partial charge in [0.2, 0.25) is 0 Å². The molecule has 2 nitrogen and oxygen atoms in total. The van der Waals surface area contributed by atoms with Crippen LogP contribution in [0.1, 0.15) is 58.8 Å². The molecule has 0 saturated heterocycles. The SMILES string of the molecule is CCCNCCNCC12CC3CC(CC(C)(C3)C1)C2. The van der Waals surface area contributed by atoms with Crippen molar-refractivity contribution >= 4 is 0 Å². The summed E-state index contributed by atoms with van der Waals surface area (Å²) in [5, 5.41) is 7.24. The molecule has 0 aromatic rings. The van der Waals surface area contributed by atoms with Gasteiger partial charge < -0.3 is 10.6 Å². The fraction of sp³-hybridized carbons (Fsp3) is 1.00. The molecule has 0 amide bonds. The van der Waals surface area contributed by atoms with Crippen LogP contribution < -0.4 is 10.6 Å². The van der Waals surface area contributed by atoms with E-state index in [-0.39, 0.29) is 0 Å². The van der Waals surface area contributed by atoms with E-state index in [1.54, 1.807) is 6.42 Å². The van der Waals surface area contributed by atoms with Crippen LogP contribution in [-0.2, 0) is 0 Å². The summed E-state index contributed by atoms with van der Waals surface area (Å²) >= 11 is 0. The highest BCUT2D eigenvalue weighted by Gasteiger charge is 2.55. The summed E-state index contributed by atoms with van der Waals surface area (Å²) in [4.78, 5) is 0. The Hall–Kier alpha value is -0.0800. The molecule has 4 rings (SSSR count). The second kappa shape index (κ2) is 5.37. The van der Waals surface area contributed by atoms with Crippen LogP contribution >= 0.6 is 0 Å². The second-order valence-corrected chi connectivity index (χ2v) is 8.20. The van der Waals surface area contributed by atoms with E-state index in [1.165, 1.54) is 45.1 Å². The lowest BCUT2D eigenvalue weighted by Crippen LogP contribution is -2.54. The zero-order chi connectivity index (χ0) is 13.3. The van der Waals surface area contributed by atoms with E-state index in [9.17, 15) is 0 Å². The van der Waals surface area contributed by atoms with Gasteiger partial charge in [0.1, 0.15) is 0 Å². The summed E-state index contributed by atoms with van der Waals surface area (Å²) in [5.41, 5.74) is 1.37. The van der Waals surface area contributed by atoms with Gasteiger partial charge in [0.05, 0.1) is 0 Å². The molecule has 0 aromatic carbocycles. The number of hydrogen-bond acceptors (Lipinski definition) is 2. The van der Waals surface area contributed by atoms with E-state index >= 15 is 0 Å². The number of nitrogens with one attached hydrogen (secondary N) is 2. The molecule has 0 heterocycles. The van der Waals surface area contributed by atoms with Crippen LogP contribution in [0, 0.1) is 22.7 Å². The van der Waals surface area contributed by atoms with Crippen molar-refractivity contribution in [1.29, 1.82) is 0 Å². The van der Waals surface area contributed by atoms with Gasteiger partial charge in [0.25, 0.3) is 0 Å². The second-order valence-electron chi connectivity index (χ2n) is 8.20. The van der Waals surface area contributed by atoms with E-state index in [0.717, 1.165) is 31.5 Å². The molecule has 2 atom stereocenters. The van der Waals surface area contributed by atoms with Crippen molar-refractivity contribution in [3.63, 3.8) is 0 Å². The molecule has 4 fully saturated rings. The highest BCUT2D eigenvalue weighted by Crippen LogP contribution is 2.64. The van der Waals surface area contributed by atoms with Crippen molar-refractivity contribution < 1.29 is 0 Å². The molecule has 4 saturated carbocycles. The van der Waals surface area contributed by atoms with Crippen molar-refractivity contribution in [2.45, 2.75) is 58.8 Å². The Morgan fingerprint density at radius 3 is 2.26 bits per heavy atom. The zero-order valence-electron chi connectivity index (χ0n) is 12.9. The van der Waals surface area contributed by atoms with Gasteiger partial charge in [-0.2, -0.15) is 0 Å². The van der Waals surface area contributed by atoms with Crippen molar-refractivity contribution in [2.75, 3.05) is 26.2 Å². The first-order valence-corrected chi connectivity index (χ1v) is 8.55. The normalized spacial score (nSPS) is 43.9. The summed E-state index contributed by atoms with van der Waals surface area (Å²) < 4.78 is 0. The monoisotopic (exact) mass is 264 g/mol. The summed E-state index contributed by atoms with van der Waals surface area (Å²) in [6.07, 6.45) is 10.4. The van der Waals surface area contributed by atoms with Crippen LogP contribution in [0.15, 0.2) is 0 Å². The van der Waals surface area contributed by atoms with Gasteiger partial charge in [-0.1, -0.05) is 13.8 Å². The van der Waals surface area contributed by atoms with Gasteiger partial charge in [-0.3, -0.25) is 0 Å². The van der Waals surface area contributed by atoms with Crippen LogP contribution in [0.4, 0.5) is 0 Å². The maximum atomic E-state index is 3.76. The fourth-order valence-corrected chi connectivity index (χ4v) is 5.97. The van der Waals surface area contributed by atoms with Crippen LogP contribution in [0.3, 0.4) is 0 Å². The van der Waals surface area contributed by atoms with Gasteiger partial charge in [-0.05, 0) is 74.2 Å². The standard InChI is InChI=1S/C17H32N2/c1-3-4-18-5-6-19-13-17-10-14-7-15(11-17)9-16(2,8-14)12-17/h14-15,18-19H,3-13H2,1-2H3. The third-order valence-corrected chi connectivity index (χ3v) is 5.88. The summed E-state index contributed by atoms with van der Waals surface area (Å²) in [6.45, 7) is 9.53. The van der Waals surface area contributed by atoms with Crippen LogP contribution in [0.2, 0.25) is 0 Å². The molecule has 2 heteroatoms. The van der Waals surface area contributed by atoms with E-state index in [4.69, 9.17) is 0 Å². The van der Waals surface area contributed by atoms with Crippen LogP contribution in [0.25, 0.3) is 0 Å². The highest BCUT2D eigenvalue weighted by molar-refractivity contribution is 5.06. The molecular weight excluding hydrogens is 232 g/mol. The predicted molar refractivity (Wildman–Crippen MR) is 81.3 cm³/mol. The quantitative estimate of drug-likeness (QED) is 0.690. The summed E-state index contributed by atoms with van der Waals surface area (Å²) in [5.74, 6) is 2.12. The van der Waals surface area contributed by atoms with E-state index in [2.05, 4.69) is 24.5 Å². The fourth-order valence-electron chi connectivity index (χ4n) is 5.97. The minimum Gasteiger partial charge on any atom is -0.315 e. The zero-order valence-corrected chi connectivity index (χ0v) is 12.9. The van der Waals surface area contributed by atoms with Gasteiger partial charge in [0.15, 0.2) is 0 Å². The molecule has 2 unspecified atom stereocenters. The highest BCUT2D eigenvalue weighted by atomic mass is 14.9. The van der Waals surface area contributed by atoms with Crippen molar-refractivity contribution in [3.8, 4) is 0 Å². The Labute approximate surface area is 119 Å². The van der Waals surface area contributed by atoms with E-state index in [1.807, 2.05) is 0 Å². The smallest absolute Gasteiger partial charge is 0.00769 e. The summed E-state index contributed by atoms with van der Waals surface area (Å²) in [6, 6.07) is 0. The minimum atomic E-state index is 0.670. The van der Waals surface area contributed by atoms with Crippen molar-refractivity contribution in [2.24, 2.45) is 22.7 Å². The van der Waals surface area contributed by atoms with Gasteiger partial charge in [-0.15, -0.1) is 0 Å². The van der Waals surface area contributed by atoms with Crippen molar-refractivity contribution in [3.05, 3.63) is 0 Å². The molecule has 4 bridgehead atoms. The average Bonchev–Trinajstić information content (AvgIpc) is 2.30. The van der Waals surface area contributed by atoms with Crippen LogP contribution in [0.5, 0.6) is 0 Å². The maximum absolute atomic E-state index is 3.76. The first kappa shape index (κ1) is 13.9. The Morgan fingerprint density at radius 2 is 1.63 bits per heavy atom. The molecular formula is C17H32N2. The molecule has 4 aliphatic carbocycles.